The highest BCUT2D eigenvalue weighted by Crippen LogP contribution is 2.27. The lowest BCUT2D eigenvalue weighted by atomic mass is 9.97. The summed E-state index contributed by atoms with van der Waals surface area (Å²) in [5, 5.41) is 21.4. The van der Waals surface area contributed by atoms with Crippen LogP contribution in [0.3, 0.4) is 0 Å². The summed E-state index contributed by atoms with van der Waals surface area (Å²) in [7, 11) is 3.82. The second-order valence-electron chi connectivity index (χ2n) is 8.35. The molecule has 0 aliphatic carbocycles. The number of amidine groups is 1. The number of nitrogens with two attached hydrogens (primary N) is 2. The Balaban J connectivity index is 1.78. The quantitative estimate of drug-likeness (QED) is 0.167. The first-order chi connectivity index (χ1) is 15.3. The molecule has 0 aromatic heterocycles. The fourth-order valence-corrected chi connectivity index (χ4v) is 3.58. The first-order valence-electron chi connectivity index (χ1n) is 10.8. The highest BCUT2D eigenvalue weighted by atomic mass is 15.3. The standard InChI is InChI=1S/C23H35N9/c1-14(2)15(9-24)8-21(25)31-22-6-5-19-20(32(22)4)7-16(10-29-19)18(13-27-3)23(26)30-17-11-28-12-17/h5-10,13-14,17,20,27-28,31H,11-12,24-25H2,1-4H3,(H2,26,30)/b15-9+,18-13-,21-8+. The zero-order valence-corrected chi connectivity index (χ0v) is 19.2. The van der Waals surface area contributed by atoms with Gasteiger partial charge in [-0.3, -0.25) is 10.4 Å². The Morgan fingerprint density at radius 1 is 1.34 bits per heavy atom. The molecule has 9 nitrogen and oxygen atoms in total. The summed E-state index contributed by atoms with van der Waals surface area (Å²) < 4.78 is 0. The van der Waals surface area contributed by atoms with Gasteiger partial charge < -0.3 is 37.6 Å². The Bertz CT molecular complexity index is 943. The van der Waals surface area contributed by atoms with Gasteiger partial charge in [0.15, 0.2) is 0 Å². The molecule has 3 aliphatic rings. The normalized spacial score (nSPS) is 21.9. The number of hydrogen-bond donors (Lipinski definition) is 7. The molecule has 0 radical (unpaired) electrons. The van der Waals surface area contributed by atoms with Crippen LogP contribution in [-0.2, 0) is 0 Å². The van der Waals surface area contributed by atoms with E-state index in [0.29, 0.717) is 11.7 Å². The van der Waals surface area contributed by atoms with Gasteiger partial charge in [-0.25, -0.2) is 0 Å². The summed E-state index contributed by atoms with van der Waals surface area (Å²) >= 11 is 0. The van der Waals surface area contributed by atoms with E-state index in [9.17, 15) is 0 Å². The number of likely N-dealkylation sites (N-methyl/N-ethyl adjacent to an activating group) is 1. The largest absolute Gasteiger partial charge is 0.404 e. The average Bonchev–Trinajstić information content (AvgIpc) is 2.74. The molecule has 32 heavy (non-hydrogen) atoms. The van der Waals surface area contributed by atoms with Crippen molar-refractivity contribution in [3.63, 3.8) is 0 Å². The fraction of sp³-hybridized carbons (Fsp3) is 0.391. The maximum Gasteiger partial charge on any atom is 0.127 e. The smallest absolute Gasteiger partial charge is 0.127 e. The van der Waals surface area contributed by atoms with Crippen molar-refractivity contribution in [3.05, 3.63) is 70.8 Å². The molecular weight excluding hydrogens is 402 g/mol. The minimum atomic E-state index is -0.0802. The Morgan fingerprint density at radius 2 is 2.09 bits per heavy atom. The molecular formula is C23H35N9. The molecule has 9 N–H and O–H groups in total. The van der Waals surface area contributed by atoms with Crippen LogP contribution < -0.4 is 32.7 Å². The number of rotatable bonds is 8. The molecule has 172 valence electrons. The highest BCUT2D eigenvalue weighted by molar-refractivity contribution is 6.08. The van der Waals surface area contributed by atoms with E-state index in [4.69, 9.17) is 16.9 Å². The van der Waals surface area contributed by atoms with Gasteiger partial charge in [-0.05, 0) is 42.0 Å². The summed E-state index contributed by atoms with van der Waals surface area (Å²) in [4.78, 5) is 6.74. The van der Waals surface area contributed by atoms with E-state index >= 15 is 0 Å². The molecule has 3 aliphatic heterocycles. The summed E-state index contributed by atoms with van der Waals surface area (Å²) in [5.74, 6) is 2.03. The molecule has 3 rings (SSSR count). The van der Waals surface area contributed by atoms with Crippen molar-refractivity contribution in [3.8, 4) is 0 Å². The maximum absolute atomic E-state index is 8.54. The van der Waals surface area contributed by atoms with Gasteiger partial charge in [-0.2, -0.15) is 0 Å². The van der Waals surface area contributed by atoms with Gasteiger partial charge in [0.25, 0.3) is 0 Å². The molecule has 1 atom stereocenters. The van der Waals surface area contributed by atoms with Crippen LogP contribution >= 0.6 is 0 Å². The fourth-order valence-electron chi connectivity index (χ4n) is 3.58. The van der Waals surface area contributed by atoms with Crippen LogP contribution in [0.2, 0.25) is 0 Å². The van der Waals surface area contributed by atoms with E-state index in [1.54, 1.807) is 6.20 Å². The first kappa shape index (κ1) is 23.2. The molecule has 0 amide bonds. The lowest BCUT2D eigenvalue weighted by Gasteiger charge is -2.35. The summed E-state index contributed by atoms with van der Waals surface area (Å²) in [6.07, 6.45) is 13.1. The third-order valence-corrected chi connectivity index (χ3v) is 5.66. The topological polar surface area (TPSA) is 140 Å². The van der Waals surface area contributed by atoms with Gasteiger partial charge in [0.05, 0.1) is 17.8 Å². The number of allylic oxidation sites excluding steroid dienone is 4. The molecule has 0 aromatic rings. The SMILES string of the molecule is CN/C=C(\C(=N)NC1CNC1)C1=CC2C(=CC=C(N/C(N)=C/C(=C\N)C(C)C)N2C)N=C1. The Hall–Kier alpha value is -3.46. The van der Waals surface area contributed by atoms with Crippen molar-refractivity contribution in [1.82, 2.24) is 26.2 Å². The summed E-state index contributed by atoms with van der Waals surface area (Å²) in [6, 6.07) is 0.201. The van der Waals surface area contributed by atoms with Crippen molar-refractivity contribution < 1.29 is 0 Å². The molecule has 0 bridgehead atoms. The Kier molecular flexibility index (Phi) is 7.42. The van der Waals surface area contributed by atoms with Gasteiger partial charge >= 0.3 is 0 Å². The maximum atomic E-state index is 8.54. The second-order valence-corrected chi connectivity index (χ2v) is 8.35. The van der Waals surface area contributed by atoms with Gasteiger partial charge in [0.1, 0.15) is 17.5 Å². The summed E-state index contributed by atoms with van der Waals surface area (Å²) in [5.41, 5.74) is 15.5. The molecule has 1 fully saturated rings. The van der Waals surface area contributed by atoms with E-state index in [-0.39, 0.29) is 18.0 Å². The lowest BCUT2D eigenvalue weighted by Crippen LogP contribution is -2.57. The number of nitrogens with zero attached hydrogens (tertiary/aromatic N) is 2. The molecule has 1 unspecified atom stereocenters. The van der Waals surface area contributed by atoms with Gasteiger partial charge in [-0.15, -0.1) is 0 Å². The van der Waals surface area contributed by atoms with Crippen LogP contribution in [0.15, 0.2) is 75.8 Å². The highest BCUT2D eigenvalue weighted by Gasteiger charge is 2.27. The van der Waals surface area contributed by atoms with E-state index in [0.717, 1.165) is 41.3 Å². The van der Waals surface area contributed by atoms with Gasteiger partial charge in [0, 0.05) is 50.7 Å². The molecule has 3 heterocycles. The second kappa shape index (κ2) is 10.2. The predicted molar refractivity (Wildman–Crippen MR) is 131 cm³/mol. The van der Waals surface area contributed by atoms with Crippen LogP contribution in [0, 0.1) is 11.3 Å². The van der Waals surface area contributed by atoms with Crippen molar-refractivity contribution in [2.24, 2.45) is 22.4 Å². The van der Waals surface area contributed by atoms with Crippen LogP contribution in [0.5, 0.6) is 0 Å². The van der Waals surface area contributed by atoms with Crippen molar-refractivity contribution >= 4 is 12.1 Å². The van der Waals surface area contributed by atoms with Crippen molar-refractivity contribution in [2.75, 3.05) is 27.2 Å². The van der Waals surface area contributed by atoms with Crippen molar-refractivity contribution in [1.29, 1.82) is 5.41 Å². The monoisotopic (exact) mass is 437 g/mol. The number of hydrogen-bond acceptors (Lipinski definition) is 8. The Morgan fingerprint density at radius 3 is 2.69 bits per heavy atom. The predicted octanol–water partition coefficient (Wildman–Crippen LogP) is 0.567. The van der Waals surface area contributed by atoms with Gasteiger partial charge in [0.2, 0.25) is 0 Å². The molecule has 0 aromatic carbocycles. The summed E-state index contributed by atoms with van der Waals surface area (Å²) in [6.45, 7) is 5.88. The molecule has 0 saturated carbocycles. The number of fused-ring (bicyclic) bond motifs is 1. The van der Waals surface area contributed by atoms with Crippen LogP contribution in [-0.4, -0.2) is 56.2 Å². The molecule has 1 saturated heterocycles. The third-order valence-electron chi connectivity index (χ3n) is 5.66. The molecule has 9 heteroatoms. The lowest BCUT2D eigenvalue weighted by molar-refractivity contribution is 0.356. The number of dihydropyridines is 1. The van der Waals surface area contributed by atoms with E-state index in [1.807, 2.05) is 44.7 Å². The van der Waals surface area contributed by atoms with E-state index in [1.165, 1.54) is 0 Å². The number of aliphatic imine (C=N–C) groups is 1. The van der Waals surface area contributed by atoms with Crippen LogP contribution in [0.25, 0.3) is 0 Å². The first-order valence-corrected chi connectivity index (χ1v) is 10.8. The molecule has 0 spiro atoms. The average molecular weight is 438 g/mol. The minimum absolute atomic E-state index is 0.0802. The van der Waals surface area contributed by atoms with Crippen LogP contribution in [0.4, 0.5) is 0 Å². The number of nitrogens with one attached hydrogen (secondary N) is 5. The Labute approximate surface area is 190 Å². The van der Waals surface area contributed by atoms with Crippen molar-refractivity contribution in [2.45, 2.75) is 25.9 Å². The zero-order chi connectivity index (χ0) is 23.3. The van der Waals surface area contributed by atoms with E-state index < -0.39 is 0 Å². The van der Waals surface area contributed by atoms with Gasteiger partial charge in [-0.1, -0.05) is 13.8 Å². The van der Waals surface area contributed by atoms with E-state index in [2.05, 4.69) is 51.1 Å². The minimum Gasteiger partial charge on any atom is -0.404 e. The third kappa shape index (κ3) is 5.23. The van der Waals surface area contributed by atoms with Crippen LogP contribution in [0.1, 0.15) is 13.8 Å². The zero-order valence-electron chi connectivity index (χ0n) is 19.2.